The Morgan fingerprint density at radius 3 is 2.52 bits per heavy atom. The molecule has 0 unspecified atom stereocenters. The Labute approximate surface area is 147 Å². The van der Waals surface area contributed by atoms with Crippen molar-refractivity contribution in [3.05, 3.63) is 23.9 Å². The van der Waals surface area contributed by atoms with Crippen LogP contribution in [0.15, 0.2) is 18.3 Å². The number of hydrogen-bond donors (Lipinski definition) is 0. The molecule has 1 aromatic heterocycles. The zero-order chi connectivity index (χ0) is 17.8. The molecule has 1 aromatic rings. The Morgan fingerprint density at radius 1 is 1.16 bits per heavy atom. The van der Waals surface area contributed by atoms with Crippen molar-refractivity contribution in [1.82, 2.24) is 14.8 Å². The quantitative estimate of drug-likeness (QED) is 0.797. The molecule has 132 valence electrons. The highest BCUT2D eigenvalue weighted by atomic mass is 16.2. The second-order valence-electron chi connectivity index (χ2n) is 6.63. The van der Waals surface area contributed by atoms with Gasteiger partial charge in [0.2, 0.25) is 11.8 Å². The molecular weight excluding hydrogens is 318 g/mol. The van der Waals surface area contributed by atoms with Gasteiger partial charge in [-0.3, -0.25) is 9.59 Å². The van der Waals surface area contributed by atoms with Crippen molar-refractivity contribution in [3.63, 3.8) is 0 Å². The fourth-order valence-corrected chi connectivity index (χ4v) is 3.52. The van der Waals surface area contributed by atoms with Gasteiger partial charge < -0.3 is 14.7 Å². The summed E-state index contributed by atoms with van der Waals surface area (Å²) in [6.45, 7) is 5.66. The number of nitrogens with zero attached hydrogens (tertiary/aromatic N) is 5. The van der Waals surface area contributed by atoms with Gasteiger partial charge in [-0.25, -0.2) is 4.98 Å². The van der Waals surface area contributed by atoms with E-state index in [9.17, 15) is 9.59 Å². The minimum absolute atomic E-state index is 0.0502. The highest BCUT2D eigenvalue weighted by Gasteiger charge is 2.31. The van der Waals surface area contributed by atoms with Crippen LogP contribution >= 0.6 is 0 Å². The molecule has 0 bridgehead atoms. The van der Waals surface area contributed by atoms with E-state index in [1.165, 1.54) is 0 Å². The van der Waals surface area contributed by atoms with E-state index < -0.39 is 0 Å². The summed E-state index contributed by atoms with van der Waals surface area (Å²) in [6.07, 6.45) is 3.33. The molecule has 2 saturated heterocycles. The Kier molecular flexibility index (Phi) is 5.17. The van der Waals surface area contributed by atoms with Gasteiger partial charge in [0, 0.05) is 52.4 Å². The predicted octanol–water partition coefficient (Wildman–Crippen LogP) is 0.860. The van der Waals surface area contributed by atoms with Gasteiger partial charge >= 0.3 is 0 Å². The fraction of sp³-hybridized carbons (Fsp3) is 0.556. The lowest BCUT2D eigenvalue weighted by Gasteiger charge is -2.39. The molecule has 0 saturated carbocycles. The smallest absolute Gasteiger partial charge is 0.227 e. The minimum atomic E-state index is -0.0720. The lowest BCUT2D eigenvalue weighted by Crippen LogP contribution is -2.53. The standard InChI is InChI=1S/C18H23N5O2/c1-14(24)23-6-2-3-16(13-23)18(25)22-9-7-21(8-10-22)17-5-4-15(11-19)12-20-17/h4-5,12,16H,2-3,6-10,13H2,1H3/t16-/m0/s1. The summed E-state index contributed by atoms with van der Waals surface area (Å²) in [5.41, 5.74) is 0.546. The summed E-state index contributed by atoms with van der Waals surface area (Å²) in [5, 5.41) is 8.84. The van der Waals surface area contributed by atoms with E-state index in [4.69, 9.17) is 5.26 Å². The van der Waals surface area contributed by atoms with E-state index in [-0.39, 0.29) is 17.7 Å². The van der Waals surface area contributed by atoms with Crippen LogP contribution < -0.4 is 4.90 Å². The highest BCUT2D eigenvalue weighted by Crippen LogP contribution is 2.21. The van der Waals surface area contributed by atoms with Crippen LogP contribution in [0.1, 0.15) is 25.3 Å². The summed E-state index contributed by atoms with van der Waals surface area (Å²) < 4.78 is 0. The van der Waals surface area contributed by atoms with Crippen molar-refractivity contribution >= 4 is 17.6 Å². The maximum absolute atomic E-state index is 12.8. The number of carbonyl (C=O) groups excluding carboxylic acids is 2. The predicted molar refractivity (Wildman–Crippen MR) is 92.7 cm³/mol. The van der Waals surface area contributed by atoms with Gasteiger partial charge in [0.05, 0.1) is 11.5 Å². The third kappa shape index (κ3) is 3.90. The van der Waals surface area contributed by atoms with E-state index in [0.717, 1.165) is 38.3 Å². The van der Waals surface area contributed by atoms with Crippen LogP contribution in [0.2, 0.25) is 0 Å². The van der Waals surface area contributed by atoms with Crippen molar-refractivity contribution < 1.29 is 9.59 Å². The van der Waals surface area contributed by atoms with Gasteiger partial charge in [0.25, 0.3) is 0 Å². The second-order valence-corrected chi connectivity index (χ2v) is 6.63. The molecular formula is C18H23N5O2. The number of nitriles is 1. The van der Waals surface area contributed by atoms with Gasteiger partial charge in [0.1, 0.15) is 11.9 Å². The molecule has 1 atom stereocenters. The third-order valence-corrected chi connectivity index (χ3v) is 5.01. The summed E-state index contributed by atoms with van der Waals surface area (Å²) in [4.78, 5) is 34.5. The van der Waals surface area contributed by atoms with Gasteiger partial charge in [-0.05, 0) is 25.0 Å². The molecule has 3 rings (SSSR count). The number of rotatable bonds is 2. The topological polar surface area (TPSA) is 80.5 Å². The molecule has 0 aromatic carbocycles. The molecule has 3 heterocycles. The summed E-state index contributed by atoms with van der Waals surface area (Å²) in [7, 11) is 0. The van der Waals surface area contributed by atoms with Crippen LogP contribution in [0.5, 0.6) is 0 Å². The molecule has 2 amide bonds. The number of aromatic nitrogens is 1. The summed E-state index contributed by atoms with van der Waals surface area (Å²) in [6, 6.07) is 5.68. The fourth-order valence-electron chi connectivity index (χ4n) is 3.52. The first-order valence-corrected chi connectivity index (χ1v) is 8.74. The molecule has 2 aliphatic rings. The highest BCUT2D eigenvalue weighted by molar-refractivity contribution is 5.81. The summed E-state index contributed by atoms with van der Waals surface area (Å²) in [5.74, 6) is 0.983. The van der Waals surface area contributed by atoms with Crippen molar-refractivity contribution in [1.29, 1.82) is 5.26 Å². The number of piperidine rings is 1. The molecule has 0 aliphatic carbocycles. The number of piperazine rings is 1. The molecule has 2 fully saturated rings. The SMILES string of the molecule is CC(=O)N1CCC[C@H](C(=O)N2CCN(c3ccc(C#N)cn3)CC2)C1. The van der Waals surface area contributed by atoms with Crippen molar-refractivity contribution in [3.8, 4) is 6.07 Å². The Morgan fingerprint density at radius 2 is 1.92 bits per heavy atom. The van der Waals surface area contributed by atoms with Gasteiger partial charge in [-0.15, -0.1) is 0 Å². The van der Waals surface area contributed by atoms with E-state index in [1.54, 1.807) is 24.1 Å². The maximum atomic E-state index is 12.8. The molecule has 0 spiro atoms. The van der Waals surface area contributed by atoms with Crippen molar-refractivity contribution in [2.24, 2.45) is 5.92 Å². The number of amides is 2. The van der Waals surface area contributed by atoms with Crippen molar-refractivity contribution in [2.45, 2.75) is 19.8 Å². The average molecular weight is 341 g/mol. The molecule has 25 heavy (non-hydrogen) atoms. The first-order valence-electron chi connectivity index (χ1n) is 8.74. The van der Waals surface area contributed by atoms with Crippen LogP contribution in [0, 0.1) is 17.2 Å². The number of likely N-dealkylation sites (tertiary alicyclic amines) is 1. The number of anilines is 1. The Hall–Kier alpha value is -2.62. The second kappa shape index (κ2) is 7.51. The van der Waals surface area contributed by atoms with E-state index in [0.29, 0.717) is 25.2 Å². The van der Waals surface area contributed by atoms with E-state index in [1.807, 2.05) is 11.0 Å². The lowest BCUT2D eigenvalue weighted by molar-refractivity contribution is -0.140. The summed E-state index contributed by atoms with van der Waals surface area (Å²) >= 11 is 0. The first kappa shape index (κ1) is 17.2. The normalized spacial score (nSPS) is 21.0. The maximum Gasteiger partial charge on any atom is 0.227 e. The number of carbonyl (C=O) groups is 2. The van der Waals surface area contributed by atoms with Gasteiger partial charge in [-0.1, -0.05) is 0 Å². The lowest BCUT2D eigenvalue weighted by atomic mass is 9.96. The van der Waals surface area contributed by atoms with Crippen molar-refractivity contribution in [2.75, 3.05) is 44.2 Å². The van der Waals surface area contributed by atoms with Gasteiger partial charge in [0.15, 0.2) is 0 Å². The Balaban J connectivity index is 1.55. The first-order chi connectivity index (χ1) is 12.1. The molecule has 0 radical (unpaired) electrons. The third-order valence-electron chi connectivity index (χ3n) is 5.01. The average Bonchev–Trinajstić information content (AvgIpc) is 2.67. The van der Waals surface area contributed by atoms with Crippen LogP contribution in [0.25, 0.3) is 0 Å². The zero-order valence-electron chi connectivity index (χ0n) is 14.5. The molecule has 7 nitrogen and oxygen atoms in total. The molecule has 0 N–H and O–H groups in total. The van der Waals surface area contributed by atoms with Crippen LogP contribution in [0.3, 0.4) is 0 Å². The molecule has 7 heteroatoms. The van der Waals surface area contributed by atoms with Crippen LogP contribution in [-0.4, -0.2) is 65.9 Å². The monoisotopic (exact) mass is 341 g/mol. The number of hydrogen-bond acceptors (Lipinski definition) is 5. The Bertz CT molecular complexity index is 674. The van der Waals surface area contributed by atoms with Crippen LogP contribution in [0.4, 0.5) is 5.82 Å². The minimum Gasteiger partial charge on any atom is -0.353 e. The molecule has 2 aliphatic heterocycles. The zero-order valence-corrected chi connectivity index (χ0v) is 14.5. The largest absolute Gasteiger partial charge is 0.353 e. The van der Waals surface area contributed by atoms with E-state index in [2.05, 4.69) is 16.0 Å². The van der Waals surface area contributed by atoms with E-state index >= 15 is 0 Å². The van der Waals surface area contributed by atoms with Gasteiger partial charge in [-0.2, -0.15) is 5.26 Å². The number of pyridine rings is 1. The van der Waals surface area contributed by atoms with Crippen LogP contribution in [-0.2, 0) is 9.59 Å².